The lowest BCUT2D eigenvalue weighted by atomic mass is 10.0. The Morgan fingerprint density at radius 3 is 2.26 bits per heavy atom. The molecule has 0 aliphatic carbocycles. The third kappa shape index (κ3) is 4.72. The first-order valence-corrected chi connectivity index (χ1v) is 7.37. The number of aliphatic carboxylic acids is 1. The van der Waals surface area contributed by atoms with Gasteiger partial charge in [0.15, 0.2) is 5.78 Å². The molecular weight excluding hydrogens is 297 g/mol. The van der Waals surface area contributed by atoms with Crippen LogP contribution in [0.2, 0.25) is 0 Å². The van der Waals surface area contributed by atoms with Crippen LogP contribution in [-0.2, 0) is 4.79 Å². The predicted molar refractivity (Wildman–Crippen MR) is 80.9 cm³/mol. The van der Waals surface area contributed by atoms with Crippen LogP contribution in [0.5, 0.6) is 0 Å². The summed E-state index contributed by atoms with van der Waals surface area (Å²) >= 11 is 0. The van der Waals surface area contributed by atoms with Crippen molar-refractivity contribution in [2.24, 2.45) is 0 Å². The fourth-order valence-corrected chi connectivity index (χ4v) is 2.40. The van der Waals surface area contributed by atoms with Gasteiger partial charge in [-0.1, -0.05) is 30.3 Å². The van der Waals surface area contributed by atoms with Gasteiger partial charge in [-0.15, -0.1) is 0 Å². The van der Waals surface area contributed by atoms with Gasteiger partial charge in [-0.05, 0) is 31.2 Å². The molecule has 2 N–H and O–H groups in total. The third-order valence-electron chi connectivity index (χ3n) is 3.72. The van der Waals surface area contributed by atoms with Crippen LogP contribution in [0.1, 0.15) is 35.3 Å². The van der Waals surface area contributed by atoms with E-state index in [-0.39, 0.29) is 18.2 Å². The van der Waals surface area contributed by atoms with Crippen LogP contribution < -0.4 is 10.4 Å². The highest BCUT2D eigenvalue weighted by Gasteiger charge is 2.22. The number of halogens is 1. The molecule has 0 aliphatic heterocycles. The molecule has 2 atom stereocenters. The van der Waals surface area contributed by atoms with Crippen LogP contribution in [0.25, 0.3) is 0 Å². The Bertz CT molecular complexity index is 670. The summed E-state index contributed by atoms with van der Waals surface area (Å²) in [5.74, 6) is -2.08. The van der Waals surface area contributed by atoms with Gasteiger partial charge in [-0.25, -0.2) is 4.39 Å². The molecule has 0 saturated heterocycles. The van der Waals surface area contributed by atoms with E-state index in [4.69, 9.17) is 0 Å². The normalized spacial score (nSPS) is 13.3. The maximum Gasteiger partial charge on any atom is 0.169 e. The fourth-order valence-electron chi connectivity index (χ4n) is 2.40. The summed E-state index contributed by atoms with van der Waals surface area (Å²) in [7, 11) is 0. The fraction of sp³-hybridized carbons (Fsp3) is 0.222. The second kappa shape index (κ2) is 7.65. The number of carboxylic acids is 1. The van der Waals surface area contributed by atoms with Gasteiger partial charge in [0.2, 0.25) is 0 Å². The van der Waals surface area contributed by atoms with Crippen molar-refractivity contribution in [2.45, 2.75) is 25.4 Å². The van der Waals surface area contributed by atoms with Crippen LogP contribution in [0.4, 0.5) is 4.39 Å². The van der Waals surface area contributed by atoms with Gasteiger partial charge in [0.25, 0.3) is 0 Å². The number of ketones is 1. The van der Waals surface area contributed by atoms with Crippen LogP contribution in [0, 0.1) is 5.82 Å². The number of benzene rings is 2. The molecule has 0 radical (unpaired) electrons. The molecule has 0 spiro atoms. The van der Waals surface area contributed by atoms with E-state index in [1.54, 1.807) is 5.32 Å². The number of hydrogen-bond donors (Lipinski definition) is 1. The Morgan fingerprint density at radius 1 is 1.09 bits per heavy atom. The molecule has 0 aromatic heterocycles. The molecule has 0 saturated carbocycles. The minimum Gasteiger partial charge on any atom is -0.544 e. The minimum atomic E-state index is -1.29. The molecule has 0 amide bonds. The van der Waals surface area contributed by atoms with Crippen LogP contribution in [-0.4, -0.2) is 17.8 Å². The zero-order chi connectivity index (χ0) is 16.8. The lowest BCUT2D eigenvalue weighted by Crippen LogP contribution is -2.93. The van der Waals surface area contributed by atoms with E-state index in [0.29, 0.717) is 5.56 Å². The summed E-state index contributed by atoms with van der Waals surface area (Å²) < 4.78 is 12.9. The van der Waals surface area contributed by atoms with Crippen molar-refractivity contribution in [1.29, 1.82) is 0 Å². The summed E-state index contributed by atoms with van der Waals surface area (Å²) in [4.78, 5) is 23.5. The first-order chi connectivity index (χ1) is 11.0. The number of carbonyl (C=O) groups is 2. The van der Waals surface area contributed by atoms with E-state index in [9.17, 15) is 19.1 Å². The van der Waals surface area contributed by atoms with E-state index in [2.05, 4.69) is 0 Å². The third-order valence-corrected chi connectivity index (χ3v) is 3.72. The monoisotopic (exact) mass is 315 g/mol. The zero-order valence-electron chi connectivity index (χ0n) is 12.7. The molecule has 2 aromatic rings. The van der Waals surface area contributed by atoms with Crippen molar-refractivity contribution >= 4 is 11.8 Å². The van der Waals surface area contributed by atoms with E-state index < -0.39 is 17.8 Å². The molecule has 120 valence electrons. The number of hydrogen-bond acceptors (Lipinski definition) is 3. The van der Waals surface area contributed by atoms with Gasteiger partial charge in [0.05, 0.1) is 12.4 Å². The molecule has 4 nitrogen and oxygen atoms in total. The molecular formula is C18H18FNO3. The Hall–Kier alpha value is -2.53. The van der Waals surface area contributed by atoms with Gasteiger partial charge < -0.3 is 15.2 Å². The van der Waals surface area contributed by atoms with E-state index in [1.807, 2.05) is 37.3 Å². The SMILES string of the molecule is C[C@H]([NH2+][C@@H](CC(=O)c1ccc(F)cc1)C(=O)[O-])c1ccccc1. The van der Waals surface area contributed by atoms with Crippen LogP contribution >= 0.6 is 0 Å². The topological polar surface area (TPSA) is 73.8 Å². The molecule has 0 unspecified atom stereocenters. The smallest absolute Gasteiger partial charge is 0.169 e. The Balaban J connectivity index is 2.05. The lowest BCUT2D eigenvalue weighted by Gasteiger charge is -2.20. The number of rotatable bonds is 7. The number of carboxylic acid groups (broad SMARTS) is 1. The summed E-state index contributed by atoms with van der Waals surface area (Å²) in [5.41, 5.74) is 1.26. The summed E-state index contributed by atoms with van der Waals surface area (Å²) in [5, 5.41) is 12.9. The van der Waals surface area contributed by atoms with Crippen molar-refractivity contribution in [2.75, 3.05) is 0 Å². The molecule has 0 heterocycles. The van der Waals surface area contributed by atoms with Crippen molar-refractivity contribution in [3.05, 3.63) is 71.5 Å². The average molecular weight is 315 g/mol. The van der Waals surface area contributed by atoms with E-state index in [0.717, 1.165) is 5.56 Å². The molecule has 2 aromatic carbocycles. The van der Waals surface area contributed by atoms with Gasteiger partial charge in [0.1, 0.15) is 17.9 Å². The van der Waals surface area contributed by atoms with Gasteiger partial charge >= 0.3 is 0 Å². The summed E-state index contributed by atoms with van der Waals surface area (Å²) in [6.45, 7) is 1.87. The predicted octanol–water partition coefficient (Wildman–Crippen LogP) is 0.842. The standard InChI is InChI=1S/C18H18FNO3/c1-12(13-5-3-2-4-6-13)20-16(18(22)23)11-17(21)14-7-9-15(19)10-8-14/h2-10,12,16,20H,11H2,1H3,(H,22,23)/t12-,16-/m0/s1. The Morgan fingerprint density at radius 2 is 1.70 bits per heavy atom. The molecule has 23 heavy (non-hydrogen) atoms. The number of Topliss-reactive ketones (excluding diaryl/α,β-unsaturated/α-hetero) is 1. The Labute approximate surface area is 134 Å². The molecule has 2 rings (SSSR count). The van der Waals surface area contributed by atoms with Crippen LogP contribution in [0.3, 0.4) is 0 Å². The zero-order valence-corrected chi connectivity index (χ0v) is 12.7. The number of nitrogens with two attached hydrogens (primary N) is 1. The Kier molecular flexibility index (Phi) is 5.60. The van der Waals surface area contributed by atoms with Crippen molar-refractivity contribution in [3.8, 4) is 0 Å². The first kappa shape index (κ1) is 16.8. The molecule has 5 heteroatoms. The quantitative estimate of drug-likeness (QED) is 0.770. The highest BCUT2D eigenvalue weighted by Crippen LogP contribution is 2.09. The lowest BCUT2D eigenvalue weighted by molar-refractivity contribution is -0.717. The highest BCUT2D eigenvalue weighted by molar-refractivity contribution is 5.98. The van der Waals surface area contributed by atoms with Crippen molar-refractivity contribution in [3.63, 3.8) is 0 Å². The highest BCUT2D eigenvalue weighted by atomic mass is 19.1. The van der Waals surface area contributed by atoms with E-state index >= 15 is 0 Å². The second-order valence-corrected chi connectivity index (χ2v) is 5.45. The number of quaternary nitrogens is 1. The van der Waals surface area contributed by atoms with E-state index in [1.165, 1.54) is 24.3 Å². The van der Waals surface area contributed by atoms with Crippen LogP contribution in [0.15, 0.2) is 54.6 Å². The summed E-state index contributed by atoms with van der Waals surface area (Å²) in [6.07, 6.45) is -0.203. The minimum absolute atomic E-state index is 0.125. The maximum absolute atomic E-state index is 12.9. The van der Waals surface area contributed by atoms with Crippen molar-refractivity contribution in [1.82, 2.24) is 0 Å². The second-order valence-electron chi connectivity index (χ2n) is 5.45. The molecule has 0 aliphatic rings. The average Bonchev–Trinajstić information content (AvgIpc) is 2.55. The largest absolute Gasteiger partial charge is 0.544 e. The molecule has 0 fully saturated rings. The van der Waals surface area contributed by atoms with Gasteiger partial charge in [-0.2, -0.15) is 0 Å². The maximum atomic E-state index is 12.9. The molecule has 0 bridgehead atoms. The first-order valence-electron chi connectivity index (χ1n) is 7.37. The van der Waals surface area contributed by atoms with Gasteiger partial charge in [-0.3, -0.25) is 4.79 Å². The summed E-state index contributed by atoms with van der Waals surface area (Å²) in [6, 6.07) is 13.4. The van der Waals surface area contributed by atoms with Gasteiger partial charge in [0, 0.05) is 11.1 Å². The van der Waals surface area contributed by atoms with Crippen molar-refractivity contribution < 1.29 is 24.4 Å². The number of carbonyl (C=O) groups excluding carboxylic acids is 2.